The first-order valence-electron chi connectivity index (χ1n) is 8.00. The van der Waals surface area contributed by atoms with Crippen molar-refractivity contribution in [2.75, 3.05) is 7.11 Å². The van der Waals surface area contributed by atoms with E-state index in [2.05, 4.69) is 22.6 Å². The molecule has 0 radical (unpaired) electrons. The molecule has 0 spiro atoms. The number of carbonyl (C=O) groups excluding carboxylic acids is 2. The Balaban J connectivity index is 2.49. The number of ether oxygens (including phenoxy) is 3. The zero-order valence-electron chi connectivity index (χ0n) is 15.3. The number of carbonyl (C=O) groups is 2. The molecule has 0 unspecified atom stereocenters. The van der Waals surface area contributed by atoms with Gasteiger partial charge in [-0.15, -0.1) is 0 Å². The van der Waals surface area contributed by atoms with Gasteiger partial charge < -0.3 is 14.2 Å². The Bertz CT molecular complexity index is 650. The number of methoxy groups -OCH3 is 1. The number of hydrogen-bond donors (Lipinski definition) is 0. The molecule has 0 saturated carbocycles. The Morgan fingerprint density at radius 1 is 1.20 bits per heavy atom. The normalized spacial score (nSPS) is 22.6. The maximum Gasteiger partial charge on any atom is 0.413 e. The van der Waals surface area contributed by atoms with Gasteiger partial charge in [-0.05, 0) is 74.9 Å². The Labute approximate surface area is 161 Å². The summed E-state index contributed by atoms with van der Waals surface area (Å²) >= 11 is 2.20. The number of esters is 1. The second kappa shape index (κ2) is 7.11. The molecule has 2 rings (SSSR count). The van der Waals surface area contributed by atoms with E-state index in [1.54, 1.807) is 34.6 Å². The third-order valence-corrected chi connectivity index (χ3v) is 4.51. The fraction of sp³-hybridized carbons (Fsp3) is 0.556. The quantitative estimate of drug-likeness (QED) is 0.494. The van der Waals surface area contributed by atoms with Gasteiger partial charge in [-0.1, -0.05) is 12.1 Å². The van der Waals surface area contributed by atoms with Crippen LogP contribution in [0.4, 0.5) is 4.79 Å². The number of rotatable bonds is 2. The monoisotopic (exact) mass is 461 g/mol. The lowest BCUT2D eigenvalue weighted by Crippen LogP contribution is -2.47. The molecule has 0 N–H and O–H groups in total. The van der Waals surface area contributed by atoms with Gasteiger partial charge in [-0.25, -0.2) is 9.59 Å². The molecular weight excluding hydrogens is 437 g/mol. The van der Waals surface area contributed by atoms with Crippen molar-refractivity contribution in [3.05, 3.63) is 33.4 Å². The summed E-state index contributed by atoms with van der Waals surface area (Å²) in [5.41, 5.74) is -0.894. The van der Waals surface area contributed by atoms with Crippen LogP contribution in [0.5, 0.6) is 0 Å². The lowest BCUT2D eigenvalue weighted by atomic mass is 10.0. The van der Waals surface area contributed by atoms with E-state index >= 15 is 0 Å². The number of nitrogens with zero attached hydrogens (tertiary/aromatic N) is 1. The van der Waals surface area contributed by atoms with E-state index in [4.69, 9.17) is 14.2 Å². The summed E-state index contributed by atoms with van der Waals surface area (Å²) in [6.07, 6.45) is -1.46. The van der Waals surface area contributed by atoms with Crippen LogP contribution in [0.25, 0.3) is 0 Å². The summed E-state index contributed by atoms with van der Waals surface area (Å²) < 4.78 is 17.4. The smallest absolute Gasteiger partial charge is 0.413 e. The fourth-order valence-electron chi connectivity index (χ4n) is 2.82. The molecule has 6 nitrogen and oxygen atoms in total. The molecule has 7 heteroatoms. The number of hydrogen-bond acceptors (Lipinski definition) is 5. The summed E-state index contributed by atoms with van der Waals surface area (Å²) in [6, 6.07) is 6.97. The molecule has 0 aliphatic carbocycles. The Kier molecular flexibility index (Phi) is 5.68. The van der Waals surface area contributed by atoms with Gasteiger partial charge in [0.25, 0.3) is 0 Å². The van der Waals surface area contributed by atoms with Crippen molar-refractivity contribution in [1.82, 2.24) is 4.90 Å². The number of halogens is 1. The minimum absolute atomic E-state index is 0.525. The summed E-state index contributed by atoms with van der Waals surface area (Å²) in [4.78, 5) is 26.6. The van der Waals surface area contributed by atoms with E-state index in [9.17, 15) is 9.59 Å². The van der Waals surface area contributed by atoms with E-state index in [0.717, 1.165) is 9.13 Å². The van der Waals surface area contributed by atoms with Crippen LogP contribution in [-0.2, 0) is 19.0 Å². The summed E-state index contributed by atoms with van der Waals surface area (Å²) in [5, 5.41) is 0. The predicted octanol–water partition coefficient (Wildman–Crippen LogP) is 3.88. The third kappa shape index (κ3) is 4.44. The second-order valence-electron chi connectivity index (χ2n) is 7.36. The largest absolute Gasteiger partial charge is 0.467 e. The van der Waals surface area contributed by atoms with E-state index in [-0.39, 0.29) is 0 Å². The zero-order valence-corrected chi connectivity index (χ0v) is 17.5. The lowest BCUT2D eigenvalue weighted by molar-refractivity contribution is -0.158. The molecule has 1 aliphatic rings. The Hall–Kier alpha value is -1.35. The first-order chi connectivity index (χ1) is 11.5. The number of amides is 1. The van der Waals surface area contributed by atoms with Crippen molar-refractivity contribution in [2.24, 2.45) is 0 Å². The van der Waals surface area contributed by atoms with Gasteiger partial charge in [-0.3, -0.25) is 4.90 Å². The summed E-state index contributed by atoms with van der Waals surface area (Å²) in [7, 11) is 1.31. The van der Waals surface area contributed by atoms with E-state index in [0.29, 0.717) is 0 Å². The predicted molar refractivity (Wildman–Crippen MR) is 101 cm³/mol. The molecule has 1 aromatic rings. The molecule has 25 heavy (non-hydrogen) atoms. The molecule has 138 valence electrons. The molecule has 1 aliphatic heterocycles. The van der Waals surface area contributed by atoms with Gasteiger partial charge in [0.05, 0.1) is 7.11 Å². The van der Waals surface area contributed by atoms with Crippen molar-refractivity contribution in [3.8, 4) is 0 Å². The Morgan fingerprint density at radius 2 is 1.76 bits per heavy atom. The summed E-state index contributed by atoms with van der Waals surface area (Å²) in [5.74, 6) is -0.525. The molecule has 2 atom stereocenters. The van der Waals surface area contributed by atoms with Crippen LogP contribution in [0, 0.1) is 3.57 Å². The van der Waals surface area contributed by atoms with Crippen LogP contribution in [0.2, 0.25) is 0 Å². The second-order valence-corrected chi connectivity index (χ2v) is 8.60. The maximum absolute atomic E-state index is 12.9. The standard InChI is InChI=1S/C18H24INO5/c1-17(2,3)25-16(22)20-13(11-7-9-12(19)10-8-11)14(15(21)23-6)24-18(20,4)5/h7-10,13-14H,1-6H3/t13-,14+/m0/s1. The van der Waals surface area contributed by atoms with Crippen LogP contribution in [-0.4, -0.2) is 41.5 Å². The minimum Gasteiger partial charge on any atom is -0.467 e. The highest BCUT2D eigenvalue weighted by molar-refractivity contribution is 14.1. The van der Waals surface area contributed by atoms with Crippen LogP contribution in [0.1, 0.15) is 46.2 Å². The molecular formula is C18H24INO5. The van der Waals surface area contributed by atoms with Gasteiger partial charge in [-0.2, -0.15) is 0 Å². The van der Waals surface area contributed by atoms with Crippen LogP contribution < -0.4 is 0 Å². The number of benzene rings is 1. The van der Waals surface area contributed by atoms with Crippen LogP contribution >= 0.6 is 22.6 Å². The molecule has 1 fully saturated rings. The molecule has 1 heterocycles. The fourth-order valence-corrected chi connectivity index (χ4v) is 3.18. The van der Waals surface area contributed by atoms with Gasteiger partial charge >= 0.3 is 12.1 Å². The van der Waals surface area contributed by atoms with Gasteiger partial charge in [0, 0.05) is 3.57 Å². The van der Waals surface area contributed by atoms with Crippen molar-refractivity contribution in [2.45, 2.75) is 58.1 Å². The molecule has 1 saturated heterocycles. The van der Waals surface area contributed by atoms with E-state index in [1.165, 1.54) is 12.0 Å². The zero-order chi connectivity index (χ0) is 19.0. The van der Waals surface area contributed by atoms with Gasteiger partial charge in [0.2, 0.25) is 0 Å². The highest BCUT2D eigenvalue weighted by atomic mass is 127. The highest BCUT2D eigenvalue weighted by Crippen LogP contribution is 2.43. The average Bonchev–Trinajstić information content (AvgIpc) is 2.77. The molecule has 1 amide bonds. The topological polar surface area (TPSA) is 65.1 Å². The van der Waals surface area contributed by atoms with Crippen molar-refractivity contribution in [1.29, 1.82) is 0 Å². The first kappa shape index (κ1) is 20.0. The van der Waals surface area contributed by atoms with Crippen molar-refractivity contribution >= 4 is 34.7 Å². The van der Waals surface area contributed by atoms with Crippen LogP contribution in [0.15, 0.2) is 24.3 Å². The third-order valence-electron chi connectivity index (χ3n) is 3.80. The average molecular weight is 461 g/mol. The van der Waals surface area contributed by atoms with Crippen LogP contribution in [0.3, 0.4) is 0 Å². The summed E-state index contributed by atoms with van der Waals surface area (Å²) in [6.45, 7) is 8.87. The van der Waals surface area contributed by atoms with Gasteiger partial charge in [0.15, 0.2) is 6.10 Å². The first-order valence-corrected chi connectivity index (χ1v) is 9.07. The van der Waals surface area contributed by atoms with Crippen molar-refractivity contribution in [3.63, 3.8) is 0 Å². The van der Waals surface area contributed by atoms with E-state index in [1.807, 2.05) is 24.3 Å². The SMILES string of the molecule is COC(=O)[C@@H]1OC(C)(C)N(C(=O)OC(C)(C)C)[C@H]1c1ccc(I)cc1. The Morgan fingerprint density at radius 3 is 2.24 bits per heavy atom. The maximum atomic E-state index is 12.9. The molecule has 0 aromatic heterocycles. The molecule has 0 bridgehead atoms. The van der Waals surface area contributed by atoms with E-state index < -0.39 is 35.5 Å². The lowest BCUT2D eigenvalue weighted by Gasteiger charge is -2.35. The highest BCUT2D eigenvalue weighted by Gasteiger charge is 2.55. The van der Waals surface area contributed by atoms with Gasteiger partial charge in [0.1, 0.15) is 17.4 Å². The minimum atomic E-state index is -1.02. The van der Waals surface area contributed by atoms with Crippen molar-refractivity contribution < 1.29 is 23.8 Å². The molecule has 1 aromatic carbocycles.